The second-order valence-corrected chi connectivity index (χ2v) is 10.6. The molecular weight excluding hydrogens is 496 g/mol. The first kappa shape index (κ1) is 27.7. The van der Waals surface area contributed by atoms with Gasteiger partial charge in [0, 0.05) is 42.8 Å². The maximum atomic E-state index is 12.5. The normalized spacial score (nSPS) is 13.8. The molecule has 2 amide bonds. The summed E-state index contributed by atoms with van der Waals surface area (Å²) in [5, 5.41) is 6.46. The molecule has 0 unspecified atom stereocenters. The Balaban J connectivity index is 1.52. The van der Waals surface area contributed by atoms with E-state index < -0.39 is 0 Å². The Morgan fingerprint density at radius 1 is 1.06 bits per heavy atom. The Morgan fingerprint density at radius 2 is 1.72 bits per heavy atom. The van der Waals surface area contributed by atoms with E-state index in [1.54, 1.807) is 30.3 Å². The minimum atomic E-state index is -0.382. The quantitative estimate of drug-likeness (QED) is 0.372. The minimum absolute atomic E-state index is 0.166. The van der Waals surface area contributed by atoms with Crippen LogP contribution in [0.2, 0.25) is 5.02 Å². The summed E-state index contributed by atoms with van der Waals surface area (Å²) in [6.45, 7) is 11.3. The maximum Gasteiger partial charge on any atom is 0.257 e. The summed E-state index contributed by atoms with van der Waals surface area (Å²) in [6.07, 6.45) is 2.05. The van der Waals surface area contributed by atoms with Crippen LogP contribution in [-0.4, -0.2) is 54.6 Å². The van der Waals surface area contributed by atoms with Gasteiger partial charge in [0.2, 0.25) is 5.91 Å². The zero-order valence-corrected chi connectivity index (χ0v) is 23.0. The van der Waals surface area contributed by atoms with Gasteiger partial charge in [-0.15, -0.1) is 0 Å². The molecule has 0 aromatic heterocycles. The van der Waals surface area contributed by atoms with Crippen LogP contribution in [0.1, 0.15) is 50.9 Å². The van der Waals surface area contributed by atoms with E-state index in [0.717, 1.165) is 24.3 Å². The summed E-state index contributed by atoms with van der Waals surface area (Å²) in [4.78, 5) is 29.2. The molecule has 194 valence electrons. The molecule has 7 nitrogen and oxygen atoms in total. The first-order valence-electron chi connectivity index (χ1n) is 12.3. The van der Waals surface area contributed by atoms with Crippen molar-refractivity contribution in [1.82, 2.24) is 10.2 Å². The number of carbonyl (C=O) groups excluding carboxylic acids is 2. The third-order valence-electron chi connectivity index (χ3n) is 5.86. The van der Waals surface area contributed by atoms with E-state index in [0.29, 0.717) is 49.1 Å². The Bertz CT molecular complexity index is 1080. The number of amides is 2. The standard InChI is InChI=1S/C27H35ClN4O3S/c1-5-6-17-35-21-10-7-19(8-11-21)24(33)30-26(36)29-20-9-12-23(22(28)18-20)31-13-15-32(16-14-31)25(34)27(2,3)4/h7-12,18H,5-6,13-17H2,1-4H3,(H2,29,30,33,36). The molecule has 1 aliphatic heterocycles. The van der Waals surface area contributed by atoms with E-state index in [4.69, 9.17) is 28.6 Å². The van der Waals surface area contributed by atoms with Crippen molar-refractivity contribution in [2.24, 2.45) is 5.41 Å². The monoisotopic (exact) mass is 530 g/mol. The summed E-state index contributed by atoms with van der Waals surface area (Å²) in [5.74, 6) is 0.593. The van der Waals surface area contributed by atoms with Gasteiger partial charge in [0.25, 0.3) is 5.91 Å². The van der Waals surface area contributed by atoms with Crippen LogP contribution in [-0.2, 0) is 4.79 Å². The van der Waals surface area contributed by atoms with Crippen LogP contribution in [0.3, 0.4) is 0 Å². The molecular formula is C27H35ClN4O3S. The predicted octanol–water partition coefficient (Wildman–Crippen LogP) is 5.34. The lowest BCUT2D eigenvalue weighted by Gasteiger charge is -2.39. The fourth-order valence-electron chi connectivity index (χ4n) is 3.84. The van der Waals surface area contributed by atoms with Crippen molar-refractivity contribution in [3.8, 4) is 5.75 Å². The highest BCUT2D eigenvalue weighted by Crippen LogP contribution is 2.30. The molecule has 0 bridgehead atoms. The van der Waals surface area contributed by atoms with Gasteiger partial charge in [-0.1, -0.05) is 45.7 Å². The number of anilines is 2. The fraction of sp³-hybridized carbons (Fsp3) is 0.444. The molecule has 0 atom stereocenters. The number of rotatable bonds is 7. The van der Waals surface area contributed by atoms with Gasteiger partial charge in [0.1, 0.15) is 5.75 Å². The third kappa shape index (κ3) is 7.58. The summed E-state index contributed by atoms with van der Waals surface area (Å²) in [7, 11) is 0. The van der Waals surface area contributed by atoms with Crippen molar-refractivity contribution in [2.45, 2.75) is 40.5 Å². The van der Waals surface area contributed by atoms with Gasteiger partial charge in [0.05, 0.1) is 17.3 Å². The van der Waals surface area contributed by atoms with Crippen LogP contribution in [0, 0.1) is 5.41 Å². The molecule has 2 N–H and O–H groups in total. The smallest absolute Gasteiger partial charge is 0.257 e. The van der Waals surface area contributed by atoms with E-state index in [-0.39, 0.29) is 22.3 Å². The summed E-state index contributed by atoms with van der Waals surface area (Å²) in [6, 6.07) is 12.5. The van der Waals surface area contributed by atoms with Crippen molar-refractivity contribution in [2.75, 3.05) is 43.0 Å². The SMILES string of the molecule is CCCCOc1ccc(C(=O)NC(=S)Nc2ccc(N3CCN(C(=O)C(C)(C)C)CC3)c(Cl)c2)cc1. The van der Waals surface area contributed by atoms with Crippen molar-refractivity contribution in [1.29, 1.82) is 0 Å². The number of unbranched alkanes of at least 4 members (excludes halogenated alkanes) is 1. The van der Waals surface area contributed by atoms with Crippen LogP contribution in [0.4, 0.5) is 11.4 Å². The van der Waals surface area contributed by atoms with E-state index in [1.165, 1.54) is 0 Å². The zero-order chi connectivity index (χ0) is 26.3. The Hall–Kier alpha value is -2.84. The van der Waals surface area contributed by atoms with E-state index >= 15 is 0 Å². The topological polar surface area (TPSA) is 73.9 Å². The number of hydrogen-bond acceptors (Lipinski definition) is 5. The second-order valence-electron chi connectivity index (χ2n) is 9.83. The molecule has 3 rings (SSSR count). The molecule has 36 heavy (non-hydrogen) atoms. The molecule has 0 saturated carbocycles. The molecule has 1 aliphatic rings. The zero-order valence-electron chi connectivity index (χ0n) is 21.4. The number of carbonyl (C=O) groups is 2. The molecule has 1 fully saturated rings. The Kier molecular flexibility index (Phi) is 9.56. The number of nitrogens with zero attached hydrogens (tertiary/aromatic N) is 2. The van der Waals surface area contributed by atoms with E-state index in [1.807, 2.05) is 37.8 Å². The molecule has 0 spiro atoms. The average Bonchev–Trinajstić information content (AvgIpc) is 2.84. The lowest BCUT2D eigenvalue weighted by molar-refractivity contribution is -0.139. The highest BCUT2D eigenvalue weighted by Gasteiger charge is 2.30. The summed E-state index contributed by atoms with van der Waals surface area (Å²) in [5.41, 5.74) is 1.68. The van der Waals surface area contributed by atoms with Crippen LogP contribution in [0.15, 0.2) is 42.5 Å². The molecule has 0 aliphatic carbocycles. The van der Waals surface area contributed by atoms with Crippen LogP contribution >= 0.6 is 23.8 Å². The lowest BCUT2D eigenvalue weighted by atomic mass is 9.94. The van der Waals surface area contributed by atoms with Crippen molar-refractivity contribution in [3.05, 3.63) is 53.1 Å². The highest BCUT2D eigenvalue weighted by molar-refractivity contribution is 7.80. The predicted molar refractivity (Wildman–Crippen MR) is 150 cm³/mol. The van der Waals surface area contributed by atoms with Crippen molar-refractivity contribution in [3.63, 3.8) is 0 Å². The maximum absolute atomic E-state index is 12.5. The number of ether oxygens (including phenoxy) is 1. The number of piperazine rings is 1. The van der Waals surface area contributed by atoms with Gasteiger partial charge >= 0.3 is 0 Å². The Labute approximate surface area is 224 Å². The molecule has 0 radical (unpaired) electrons. The minimum Gasteiger partial charge on any atom is -0.494 e. The number of halogens is 1. The molecule has 9 heteroatoms. The van der Waals surface area contributed by atoms with Crippen LogP contribution in [0.25, 0.3) is 0 Å². The van der Waals surface area contributed by atoms with Gasteiger partial charge in [-0.25, -0.2) is 0 Å². The molecule has 1 saturated heterocycles. The third-order valence-corrected chi connectivity index (χ3v) is 6.37. The second kappa shape index (κ2) is 12.4. The van der Waals surface area contributed by atoms with Crippen molar-refractivity contribution >= 4 is 52.1 Å². The molecule has 1 heterocycles. The van der Waals surface area contributed by atoms with Crippen LogP contribution < -0.4 is 20.3 Å². The number of benzene rings is 2. The van der Waals surface area contributed by atoms with Gasteiger partial charge in [-0.05, 0) is 61.1 Å². The molecule has 2 aromatic carbocycles. The highest BCUT2D eigenvalue weighted by atomic mass is 35.5. The summed E-state index contributed by atoms with van der Waals surface area (Å²) >= 11 is 11.9. The summed E-state index contributed by atoms with van der Waals surface area (Å²) < 4.78 is 5.63. The number of hydrogen-bond donors (Lipinski definition) is 2. The number of thiocarbonyl (C=S) groups is 1. The van der Waals surface area contributed by atoms with Gasteiger partial charge in [0.15, 0.2) is 5.11 Å². The average molecular weight is 531 g/mol. The van der Waals surface area contributed by atoms with E-state index in [2.05, 4.69) is 22.5 Å². The van der Waals surface area contributed by atoms with Gasteiger partial charge in [-0.2, -0.15) is 0 Å². The van der Waals surface area contributed by atoms with Crippen molar-refractivity contribution < 1.29 is 14.3 Å². The lowest BCUT2D eigenvalue weighted by Crippen LogP contribution is -2.51. The Morgan fingerprint density at radius 3 is 2.31 bits per heavy atom. The first-order valence-corrected chi connectivity index (χ1v) is 13.1. The first-order chi connectivity index (χ1) is 17.1. The van der Waals surface area contributed by atoms with Gasteiger partial charge < -0.3 is 19.9 Å². The van der Waals surface area contributed by atoms with Gasteiger partial charge in [-0.3, -0.25) is 14.9 Å². The molecule has 2 aromatic rings. The van der Waals surface area contributed by atoms with Crippen LogP contribution in [0.5, 0.6) is 5.75 Å². The largest absolute Gasteiger partial charge is 0.494 e. The number of nitrogens with one attached hydrogen (secondary N) is 2. The fourth-order valence-corrected chi connectivity index (χ4v) is 4.35. The van der Waals surface area contributed by atoms with E-state index in [9.17, 15) is 9.59 Å².